The molecule has 120 valence electrons. The molecule has 0 unspecified atom stereocenters. The Bertz CT molecular complexity index is 698. The second-order valence-electron chi connectivity index (χ2n) is 4.58. The van der Waals surface area contributed by atoms with Crippen molar-refractivity contribution in [1.82, 2.24) is 14.5 Å². The normalized spacial score (nSPS) is 11.5. The highest BCUT2D eigenvalue weighted by molar-refractivity contribution is 9.10. The van der Waals surface area contributed by atoms with E-state index in [1.165, 1.54) is 12.1 Å². The van der Waals surface area contributed by atoms with E-state index in [2.05, 4.69) is 25.8 Å². The van der Waals surface area contributed by atoms with Crippen LogP contribution < -0.4 is 9.46 Å². The third-order valence-corrected chi connectivity index (χ3v) is 4.79. The third kappa shape index (κ3) is 4.82. The summed E-state index contributed by atoms with van der Waals surface area (Å²) in [4.78, 5) is 0.234. The fourth-order valence-corrected chi connectivity index (χ4v) is 3.28. The topological polar surface area (TPSA) is 73.2 Å². The monoisotopic (exact) mass is 387 g/mol. The van der Waals surface area contributed by atoms with Crippen LogP contribution in [-0.4, -0.2) is 31.3 Å². The Kier molecular flexibility index (Phi) is 5.98. The van der Waals surface area contributed by atoms with Crippen LogP contribution in [0.25, 0.3) is 0 Å². The number of hydrogen-bond acceptors (Lipinski definition) is 4. The smallest absolute Gasteiger partial charge is 0.240 e. The van der Waals surface area contributed by atoms with E-state index in [-0.39, 0.29) is 4.90 Å². The molecule has 0 atom stereocenters. The van der Waals surface area contributed by atoms with E-state index >= 15 is 0 Å². The van der Waals surface area contributed by atoms with Crippen molar-refractivity contribution in [3.8, 4) is 5.75 Å². The van der Waals surface area contributed by atoms with Gasteiger partial charge in [0.1, 0.15) is 5.75 Å². The second kappa shape index (κ2) is 7.75. The number of halogens is 1. The summed E-state index contributed by atoms with van der Waals surface area (Å²) in [5.41, 5.74) is 0. The number of nitrogens with one attached hydrogen (secondary N) is 1. The minimum atomic E-state index is -3.49. The molecule has 0 bridgehead atoms. The zero-order valence-corrected chi connectivity index (χ0v) is 14.6. The lowest BCUT2D eigenvalue weighted by Crippen LogP contribution is -2.25. The van der Waals surface area contributed by atoms with Crippen molar-refractivity contribution in [2.45, 2.75) is 24.8 Å². The molecule has 0 saturated heterocycles. The standard InChI is InChI=1S/C14H18BrN3O3S/c1-2-21-13-4-6-14(7-5-13)22(19,20)17-8-3-9-18-11-12(15)10-16-18/h4-7,10-11,17H,2-3,8-9H2,1H3. The average molecular weight is 388 g/mol. The Morgan fingerprint density at radius 1 is 1.32 bits per heavy atom. The molecule has 1 N–H and O–H groups in total. The maximum absolute atomic E-state index is 12.1. The molecule has 0 saturated carbocycles. The first-order chi connectivity index (χ1) is 10.5. The highest BCUT2D eigenvalue weighted by atomic mass is 79.9. The number of benzene rings is 1. The van der Waals surface area contributed by atoms with Crippen LogP contribution in [-0.2, 0) is 16.6 Å². The molecule has 0 amide bonds. The van der Waals surface area contributed by atoms with Gasteiger partial charge in [0.25, 0.3) is 0 Å². The molecule has 0 aliphatic rings. The lowest BCUT2D eigenvalue weighted by Gasteiger charge is -2.08. The van der Waals surface area contributed by atoms with E-state index in [4.69, 9.17) is 4.74 Å². The van der Waals surface area contributed by atoms with Crippen molar-refractivity contribution in [2.75, 3.05) is 13.2 Å². The minimum absolute atomic E-state index is 0.234. The molecule has 1 aromatic heterocycles. The third-order valence-electron chi connectivity index (χ3n) is 2.90. The van der Waals surface area contributed by atoms with Crippen molar-refractivity contribution >= 4 is 26.0 Å². The summed E-state index contributed by atoms with van der Waals surface area (Å²) in [5, 5.41) is 4.11. The lowest BCUT2D eigenvalue weighted by molar-refractivity contribution is 0.340. The molecule has 1 heterocycles. The molecule has 2 aromatic rings. The second-order valence-corrected chi connectivity index (χ2v) is 7.26. The number of rotatable bonds is 8. The van der Waals surface area contributed by atoms with Crippen molar-refractivity contribution in [3.05, 3.63) is 41.1 Å². The summed E-state index contributed by atoms with van der Waals surface area (Å²) in [6, 6.07) is 6.38. The van der Waals surface area contributed by atoms with Gasteiger partial charge in [-0.25, -0.2) is 13.1 Å². The SMILES string of the molecule is CCOc1ccc(S(=O)(=O)NCCCn2cc(Br)cn2)cc1. The Hall–Kier alpha value is -1.38. The van der Waals surface area contributed by atoms with Crippen LogP contribution >= 0.6 is 15.9 Å². The lowest BCUT2D eigenvalue weighted by atomic mass is 10.3. The van der Waals surface area contributed by atoms with Crippen LogP contribution in [0.15, 0.2) is 46.0 Å². The summed E-state index contributed by atoms with van der Waals surface area (Å²) in [7, 11) is -3.49. The van der Waals surface area contributed by atoms with Crippen LogP contribution in [0.1, 0.15) is 13.3 Å². The first-order valence-corrected chi connectivity index (χ1v) is 9.19. The van der Waals surface area contributed by atoms with E-state index in [0.29, 0.717) is 31.9 Å². The summed E-state index contributed by atoms with van der Waals surface area (Å²) in [6.07, 6.45) is 4.20. The zero-order chi connectivity index (χ0) is 16.0. The molecular formula is C14H18BrN3O3S. The van der Waals surface area contributed by atoms with Gasteiger partial charge in [0.2, 0.25) is 10.0 Å². The van der Waals surface area contributed by atoms with Crippen LogP contribution in [0.5, 0.6) is 5.75 Å². The molecule has 0 fully saturated rings. The predicted octanol–water partition coefficient (Wildman–Crippen LogP) is 2.41. The fourth-order valence-electron chi connectivity index (χ4n) is 1.87. The summed E-state index contributed by atoms with van der Waals surface area (Å²) in [6.45, 7) is 3.43. The van der Waals surface area contributed by atoms with Crippen molar-refractivity contribution in [1.29, 1.82) is 0 Å². The minimum Gasteiger partial charge on any atom is -0.494 e. The molecule has 0 radical (unpaired) electrons. The summed E-state index contributed by atoms with van der Waals surface area (Å²) in [5.74, 6) is 0.658. The molecule has 6 nitrogen and oxygen atoms in total. The van der Waals surface area contributed by atoms with Crippen LogP contribution in [0.2, 0.25) is 0 Å². The van der Waals surface area contributed by atoms with Gasteiger partial charge in [0, 0.05) is 19.3 Å². The van der Waals surface area contributed by atoms with Gasteiger partial charge in [0.15, 0.2) is 0 Å². The van der Waals surface area contributed by atoms with Crippen LogP contribution in [0.3, 0.4) is 0 Å². The van der Waals surface area contributed by atoms with Gasteiger partial charge in [-0.15, -0.1) is 0 Å². The first kappa shape index (κ1) is 17.0. The van der Waals surface area contributed by atoms with Crippen molar-refractivity contribution < 1.29 is 13.2 Å². The van der Waals surface area contributed by atoms with E-state index in [9.17, 15) is 8.42 Å². The Morgan fingerprint density at radius 2 is 2.05 bits per heavy atom. The van der Waals surface area contributed by atoms with Gasteiger partial charge in [-0.05, 0) is 53.5 Å². The van der Waals surface area contributed by atoms with Crippen molar-refractivity contribution in [3.63, 3.8) is 0 Å². The molecule has 2 rings (SSSR count). The fraction of sp³-hybridized carbons (Fsp3) is 0.357. The highest BCUT2D eigenvalue weighted by Crippen LogP contribution is 2.15. The number of ether oxygens (including phenoxy) is 1. The zero-order valence-electron chi connectivity index (χ0n) is 12.2. The molecule has 1 aromatic carbocycles. The van der Waals surface area contributed by atoms with Gasteiger partial charge in [-0.1, -0.05) is 0 Å². The molecule has 0 aliphatic heterocycles. The maximum Gasteiger partial charge on any atom is 0.240 e. The van der Waals surface area contributed by atoms with E-state index in [0.717, 1.165) is 4.47 Å². The molecule has 22 heavy (non-hydrogen) atoms. The van der Waals surface area contributed by atoms with Crippen LogP contribution in [0, 0.1) is 0 Å². The number of aromatic nitrogens is 2. The van der Waals surface area contributed by atoms with Gasteiger partial charge in [-0.3, -0.25) is 4.68 Å². The first-order valence-electron chi connectivity index (χ1n) is 6.92. The number of hydrogen-bond donors (Lipinski definition) is 1. The van der Waals surface area contributed by atoms with Gasteiger partial charge < -0.3 is 4.74 Å². The Balaban J connectivity index is 1.85. The van der Waals surface area contributed by atoms with Crippen LogP contribution in [0.4, 0.5) is 0 Å². The molecule has 8 heteroatoms. The molecular weight excluding hydrogens is 370 g/mol. The predicted molar refractivity (Wildman–Crippen MR) is 87.3 cm³/mol. The molecule has 0 aliphatic carbocycles. The van der Waals surface area contributed by atoms with E-state index < -0.39 is 10.0 Å². The molecule has 0 spiro atoms. The van der Waals surface area contributed by atoms with Gasteiger partial charge >= 0.3 is 0 Å². The number of sulfonamides is 1. The highest BCUT2D eigenvalue weighted by Gasteiger charge is 2.13. The van der Waals surface area contributed by atoms with Gasteiger partial charge in [0.05, 0.1) is 22.2 Å². The Morgan fingerprint density at radius 3 is 2.64 bits per heavy atom. The number of aryl methyl sites for hydroxylation is 1. The van der Waals surface area contributed by atoms with E-state index in [1.54, 1.807) is 23.0 Å². The van der Waals surface area contributed by atoms with Crippen molar-refractivity contribution in [2.24, 2.45) is 0 Å². The maximum atomic E-state index is 12.1. The quantitative estimate of drug-likeness (QED) is 0.705. The summed E-state index contributed by atoms with van der Waals surface area (Å²) >= 11 is 3.32. The van der Waals surface area contributed by atoms with Gasteiger partial charge in [-0.2, -0.15) is 5.10 Å². The summed E-state index contributed by atoms with van der Waals surface area (Å²) < 4.78 is 34.8. The average Bonchev–Trinajstić information content (AvgIpc) is 2.90. The largest absolute Gasteiger partial charge is 0.494 e. The number of nitrogens with zero attached hydrogens (tertiary/aromatic N) is 2. The van der Waals surface area contributed by atoms with E-state index in [1.807, 2.05) is 13.1 Å². The Labute approximate surface area is 138 Å².